The fraction of sp³-hybridized carbons (Fsp3) is 0.226. The van der Waals surface area contributed by atoms with Crippen molar-refractivity contribution in [2.45, 2.75) is 6.92 Å². The highest BCUT2D eigenvalue weighted by molar-refractivity contribution is 6.37. The molecule has 0 bridgehead atoms. The number of carboxylic acid groups (broad SMARTS) is 1. The standard InChI is InChI=1S/C31H31N5O5/c1-19-16-24-25(17-23(19)31(40)41)34-29(38)27(24)28(20-6-4-3-5-7-20)33-22-10-8-21(9-11-22)30(39)36-14-12-35(13-15-36)18-26(37)32-2/h3-11,16-17,33H,12-15,18H2,1-2H3,(H,32,37)(H,34,38)(H,40,41). The summed E-state index contributed by atoms with van der Waals surface area (Å²) in [7, 11) is 1.61. The van der Waals surface area contributed by atoms with E-state index in [4.69, 9.17) is 0 Å². The van der Waals surface area contributed by atoms with Crippen molar-refractivity contribution in [3.8, 4) is 0 Å². The van der Waals surface area contributed by atoms with E-state index in [9.17, 15) is 24.3 Å². The van der Waals surface area contributed by atoms with Gasteiger partial charge in [-0.1, -0.05) is 30.3 Å². The van der Waals surface area contributed by atoms with Crippen molar-refractivity contribution in [2.24, 2.45) is 0 Å². The molecule has 10 heteroatoms. The highest BCUT2D eigenvalue weighted by Crippen LogP contribution is 2.39. The minimum Gasteiger partial charge on any atom is -0.478 e. The number of carbonyl (C=O) groups is 4. The Kier molecular flexibility index (Phi) is 7.84. The fourth-order valence-electron chi connectivity index (χ4n) is 5.10. The molecule has 10 nitrogen and oxygen atoms in total. The summed E-state index contributed by atoms with van der Waals surface area (Å²) in [6.45, 7) is 4.36. The first kappa shape index (κ1) is 27.6. The van der Waals surface area contributed by atoms with Crippen LogP contribution in [0.15, 0.2) is 66.7 Å². The fourth-order valence-corrected chi connectivity index (χ4v) is 5.10. The summed E-state index contributed by atoms with van der Waals surface area (Å²) in [4.78, 5) is 53.4. The smallest absolute Gasteiger partial charge is 0.336 e. The van der Waals surface area contributed by atoms with Gasteiger partial charge in [-0.15, -0.1) is 0 Å². The number of carboxylic acids is 1. The molecule has 2 aliphatic heterocycles. The maximum absolute atomic E-state index is 13.2. The average molecular weight is 554 g/mol. The molecule has 0 aromatic heterocycles. The minimum atomic E-state index is -1.06. The second-order valence-electron chi connectivity index (χ2n) is 10.0. The highest BCUT2D eigenvalue weighted by Gasteiger charge is 2.30. The molecule has 0 aliphatic carbocycles. The second kappa shape index (κ2) is 11.6. The van der Waals surface area contributed by atoms with E-state index in [1.54, 1.807) is 49.2 Å². The van der Waals surface area contributed by atoms with Crippen molar-refractivity contribution in [3.63, 3.8) is 0 Å². The van der Waals surface area contributed by atoms with Crippen LogP contribution in [0, 0.1) is 6.92 Å². The van der Waals surface area contributed by atoms with Crippen molar-refractivity contribution in [1.29, 1.82) is 0 Å². The summed E-state index contributed by atoms with van der Waals surface area (Å²) >= 11 is 0. The predicted molar refractivity (Wildman–Crippen MR) is 156 cm³/mol. The zero-order valence-electron chi connectivity index (χ0n) is 22.9. The Labute approximate surface area is 237 Å². The second-order valence-corrected chi connectivity index (χ2v) is 10.0. The van der Waals surface area contributed by atoms with Crippen LogP contribution in [0.5, 0.6) is 0 Å². The molecule has 2 aliphatic rings. The molecular weight excluding hydrogens is 522 g/mol. The third kappa shape index (κ3) is 5.82. The molecule has 1 saturated heterocycles. The zero-order chi connectivity index (χ0) is 29.1. The number of amides is 3. The quantitative estimate of drug-likeness (QED) is 0.331. The van der Waals surface area contributed by atoms with Gasteiger partial charge in [-0.25, -0.2) is 4.79 Å². The molecule has 0 radical (unpaired) electrons. The molecule has 3 aromatic carbocycles. The van der Waals surface area contributed by atoms with Crippen molar-refractivity contribution in [2.75, 3.05) is 50.4 Å². The van der Waals surface area contributed by atoms with E-state index in [1.165, 1.54) is 6.07 Å². The van der Waals surface area contributed by atoms with Crippen molar-refractivity contribution in [1.82, 2.24) is 15.1 Å². The number of likely N-dealkylation sites (N-methyl/N-ethyl adjacent to an activating group) is 1. The predicted octanol–water partition coefficient (Wildman–Crippen LogP) is 3.13. The van der Waals surface area contributed by atoms with Gasteiger partial charge >= 0.3 is 5.97 Å². The number of piperazine rings is 1. The molecule has 3 aromatic rings. The average Bonchev–Trinajstić information content (AvgIpc) is 3.30. The van der Waals surface area contributed by atoms with Gasteiger partial charge in [0, 0.05) is 50.0 Å². The van der Waals surface area contributed by atoms with Crippen LogP contribution in [0.2, 0.25) is 0 Å². The van der Waals surface area contributed by atoms with Crippen molar-refractivity contribution in [3.05, 3.63) is 94.5 Å². The molecule has 0 saturated carbocycles. The summed E-state index contributed by atoms with van der Waals surface area (Å²) in [5.74, 6) is -1.52. The van der Waals surface area contributed by atoms with Crippen LogP contribution in [0.3, 0.4) is 0 Å². The molecule has 0 atom stereocenters. The van der Waals surface area contributed by atoms with Crippen LogP contribution in [-0.4, -0.2) is 78.4 Å². The minimum absolute atomic E-state index is 0.0450. The first-order chi connectivity index (χ1) is 19.7. The topological polar surface area (TPSA) is 131 Å². The van der Waals surface area contributed by atoms with E-state index in [0.29, 0.717) is 72.1 Å². The SMILES string of the molecule is CNC(=O)CN1CCN(C(=O)c2ccc(NC(=C3C(=O)Nc4cc(C(=O)O)c(C)cc43)c3ccccc3)cc2)CC1. The first-order valence-corrected chi connectivity index (χ1v) is 13.3. The van der Waals surface area contributed by atoms with Crippen molar-refractivity contribution < 1.29 is 24.3 Å². The van der Waals surface area contributed by atoms with E-state index in [2.05, 4.69) is 16.0 Å². The van der Waals surface area contributed by atoms with E-state index in [1.807, 2.05) is 35.2 Å². The van der Waals surface area contributed by atoms with Gasteiger partial charge in [-0.3, -0.25) is 19.3 Å². The number of benzene rings is 3. The molecule has 0 spiro atoms. The summed E-state index contributed by atoms with van der Waals surface area (Å²) in [6, 6.07) is 19.7. The van der Waals surface area contributed by atoms with Gasteiger partial charge in [-0.05, 0) is 54.4 Å². The van der Waals surface area contributed by atoms with E-state index in [-0.39, 0.29) is 23.3 Å². The third-order valence-corrected chi connectivity index (χ3v) is 7.36. The van der Waals surface area contributed by atoms with Gasteiger partial charge in [0.25, 0.3) is 11.8 Å². The Morgan fingerprint density at radius 3 is 2.24 bits per heavy atom. The number of hydrogen-bond acceptors (Lipinski definition) is 6. The lowest BCUT2D eigenvalue weighted by atomic mass is 9.96. The summed E-state index contributed by atoms with van der Waals surface area (Å²) < 4.78 is 0. The van der Waals surface area contributed by atoms with Gasteiger partial charge in [0.1, 0.15) is 0 Å². The van der Waals surface area contributed by atoms with Gasteiger partial charge in [0.05, 0.1) is 29.1 Å². The first-order valence-electron chi connectivity index (χ1n) is 13.3. The number of rotatable bonds is 7. The summed E-state index contributed by atoms with van der Waals surface area (Å²) in [5.41, 5.74) is 4.72. The lowest BCUT2D eigenvalue weighted by Gasteiger charge is -2.34. The van der Waals surface area contributed by atoms with Crippen molar-refractivity contribution >= 4 is 46.3 Å². The molecule has 1 fully saturated rings. The number of hydrogen-bond donors (Lipinski definition) is 4. The third-order valence-electron chi connectivity index (χ3n) is 7.36. The molecule has 4 N–H and O–H groups in total. The van der Waals surface area contributed by atoms with E-state index >= 15 is 0 Å². The number of carbonyl (C=O) groups excluding carboxylic acids is 3. The number of fused-ring (bicyclic) bond motifs is 1. The zero-order valence-corrected chi connectivity index (χ0v) is 22.9. The summed E-state index contributed by atoms with van der Waals surface area (Å²) in [6.07, 6.45) is 0. The number of nitrogens with one attached hydrogen (secondary N) is 3. The van der Waals surface area contributed by atoms with Crippen LogP contribution < -0.4 is 16.0 Å². The van der Waals surface area contributed by atoms with E-state index < -0.39 is 5.97 Å². The maximum atomic E-state index is 13.2. The Morgan fingerprint density at radius 2 is 1.61 bits per heavy atom. The van der Waals surface area contributed by atoms with E-state index in [0.717, 1.165) is 5.56 Å². The van der Waals surface area contributed by atoms with Gasteiger partial charge in [0.2, 0.25) is 5.91 Å². The van der Waals surface area contributed by atoms with Crippen LogP contribution in [0.4, 0.5) is 11.4 Å². The molecular formula is C31H31N5O5. The Morgan fingerprint density at radius 1 is 0.927 bits per heavy atom. The molecule has 0 unspecified atom stereocenters. The molecule has 41 heavy (non-hydrogen) atoms. The number of anilines is 2. The van der Waals surface area contributed by atoms with Crippen LogP contribution in [-0.2, 0) is 9.59 Å². The Bertz CT molecular complexity index is 1540. The number of aromatic carboxylic acids is 1. The number of aryl methyl sites for hydroxylation is 1. The molecule has 5 rings (SSSR count). The van der Waals surface area contributed by atoms with Gasteiger partial charge in [0.15, 0.2) is 0 Å². The molecule has 210 valence electrons. The summed E-state index contributed by atoms with van der Waals surface area (Å²) in [5, 5.41) is 18.3. The Hall–Kier alpha value is -4.96. The Balaban J connectivity index is 1.40. The normalized spacial score (nSPS) is 16.0. The van der Waals surface area contributed by atoms with Crippen LogP contribution >= 0.6 is 0 Å². The molecule has 2 heterocycles. The van der Waals surface area contributed by atoms with Gasteiger partial charge in [-0.2, -0.15) is 0 Å². The number of nitrogens with zero attached hydrogens (tertiary/aromatic N) is 2. The maximum Gasteiger partial charge on any atom is 0.336 e. The van der Waals surface area contributed by atoms with Crippen LogP contribution in [0.25, 0.3) is 11.3 Å². The molecule has 3 amide bonds. The largest absolute Gasteiger partial charge is 0.478 e. The van der Waals surface area contributed by atoms with Crippen LogP contribution in [0.1, 0.15) is 37.4 Å². The van der Waals surface area contributed by atoms with Gasteiger partial charge < -0.3 is 26.0 Å². The lowest BCUT2D eigenvalue weighted by molar-refractivity contribution is -0.122. The highest BCUT2D eigenvalue weighted by atomic mass is 16.4. The lowest BCUT2D eigenvalue weighted by Crippen LogP contribution is -2.50. The monoisotopic (exact) mass is 553 g/mol.